The molecule has 0 N–H and O–H groups in total. The van der Waals surface area contributed by atoms with E-state index in [0.29, 0.717) is 0 Å². The number of thiazole rings is 1. The second-order valence-corrected chi connectivity index (χ2v) is 4.11. The van der Waals surface area contributed by atoms with Crippen molar-refractivity contribution in [3.8, 4) is 5.13 Å². The lowest BCUT2D eigenvalue weighted by molar-refractivity contribution is -0.146. The normalized spacial score (nSPS) is 12.4. The van der Waals surface area contributed by atoms with E-state index < -0.39 is 0 Å². The molecule has 2 rings (SSSR count). The molecule has 0 spiro atoms. The summed E-state index contributed by atoms with van der Waals surface area (Å²) >= 11 is 1.48. The van der Waals surface area contributed by atoms with Gasteiger partial charge in [0.1, 0.15) is 6.10 Å². The highest BCUT2D eigenvalue weighted by Crippen LogP contribution is 2.21. The standard InChI is InChI=1S/C10H11N3O2S/c1-7(15-8(2)14)9-3-4-12-13(9)10-11-5-6-16-10/h3-7H,1-2H3. The molecule has 0 aliphatic rings. The van der Waals surface area contributed by atoms with Gasteiger partial charge in [-0.25, -0.2) is 9.67 Å². The number of ether oxygens (including phenoxy) is 1. The maximum Gasteiger partial charge on any atom is 0.303 e. The lowest BCUT2D eigenvalue weighted by Crippen LogP contribution is -2.10. The first kappa shape index (κ1) is 10.8. The van der Waals surface area contributed by atoms with Crippen LogP contribution in [0.15, 0.2) is 23.8 Å². The van der Waals surface area contributed by atoms with Gasteiger partial charge >= 0.3 is 5.97 Å². The molecule has 1 unspecified atom stereocenters. The second kappa shape index (κ2) is 4.44. The molecule has 0 fully saturated rings. The van der Waals surface area contributed by atoms with Gasteiger partial charge in [0.15, 0.2) is 0 Å². The smallest absolute Gasteiger partial charge is 0.303 e. The molecule has 6 heteroatoms. The van der Waals surface area contributed by atoms with Gasteiger partial charge in [0.25, 0.3) is 0 Å². The molecule has 0 amide bonds. The van der Waals surface area contributed by atoms with Gasteiger partial charge in [-0.1, -0.05) is 0 Å². The average Bonchev–Trinajstić information content (AvgIpc) is 2.87. The first-order chi connectivity index (χ1) is 7.68. The van der Waals surface area contributed by atoms with E-state index >= 15 is 0 Å². The zero-order valence-corrected chi connectivity index (χ0v) is 9.77. The van der Waals surface area contributed by atoms with E-state index in [-0.39, 0.29) is 12.1 Å². The number of hydrogen-bond donors (Lipinski definition) is 0. The van der Waals surface area contributed by atoms with Gasteiger partial charge in [-0.3, -0.25) is 4.79 Å². The molecule has 84 valence electrons. The fraction of sp³-hybridized carbons (Fsp3) is 0.300. The fourth-order valence-corrected chi connectivity index (χ4v) is 2.03. The van der Waals surface area contributed by atoms with Crippen LogP contribution in [0.3, 0.4) is 0 Å². The Kier molecular flexibility index (Phi) is 3.00. The van der Waals surface area contributed by atoms with Gasteiger partial charge in [-0.2, -0.15) is 5.10 Å². The molecule has 16 heavy (non-hydrogen) atoms. The SMILES string of the molecule is CC(=O)OC(C)c1ccnn1-c1nccs1. The molecule has 0 aromatic carbocycles. The number of nitrogens with zero attached hydrogens (tertiary/aromatic N) is 3. The Labute approximate surface area is 96.7 Å². The molecule has 1 atom stereocenters. The van der Waals surface area contributed by atoms with Crippen LogP contribution < -0.4 is 0 Å². The van der Waals surface area contributed by atoms with Crippen molar-refractivity contribution in [1.82, 2.24) is 14.8 Å². The van der Waals surface area contributed by atoms with Crippen LogP contribution in [0, 0.1) is 0 Å². The van der Waals surface area contributed by atoms with Gasteiger partial charge in [-0.15, -0.1) is 11.3 Å². The minimum atomic E-state index is -0.330. The Morgan fingerprint density at radius 2 is 2.38 bits per heavy atom. The van der Waals surface area contributed by atoms with Crippen molar-refractivity contribution in [1.29, 1.82) is 0 Å². The molecule has 0 aliphatic heterocycles. The molecule has 2 aromatic rings. The van der Waals surface area contributed by atoms with Crippen molar-refractivity contribution in [3.63, 3.8) is 0 Å². The maximum atomic E-state index is 10.9. The van der Waals surface area contributed by atoms with Crippen LogP contribution in [0.4, 0.5) is 0 Å². The van der Waals surface area contributed by atoms with Crippen LogP contribution in [-0.4, -0.2) is 20.7 Å². The molecule has 0 saturated carbocycles. The summed E-state index contributed by atoms with van der Waals surface area (Å²) in [6.45, 7) is 3.20. The minimum absolute atomic E-state index is 0.306. The maximum absolute atomic E-state index is 10.9. The lowest BCUT2D eigenvalue weighted by Gasteiger charge is -2.12. The molecule has 5 nitrogen and oxygen atoms in total. The lowest BCUT2D eigenvalue weighted by atomic mass is 10.3. The van der Waals surface area contributed by atoms with Gasteiger partial charge < -0.3 is 4.74 Å². The summed E-state index contributed by atoms with van der Waals surface area (Å²) in [5.41, 5.74) is 0.810. The van der Waals surface area contributed by atoms with Gasteiger partial charge in [0, 0.05) is 24.7 Å². The Morgan fingerprint density at radius 3 is 3.00 bits per heavy atom. The van der Waals surface area contributed by atoms with Crippen molar-refractivity contribution >= 4 is 17.3 Å². The van der Waals surface area contributed by atoms with Gasteiger partial charge in [0.2, 0.25) is 5.13 Å². The molecule has 0 saturated heterocycles. The fourth-order valence-electron chi connectivity index (χ4n) is 1.41. The third kappa shape index (κ3) is 2.11. The van der Waals surface area contributed by atoms with Crippen molar-refractivity contribution < 1.29 is 9.53 Å². The first-order valence-electron chi connectivity index (χ1n) is 4.79. The third-order valence-electron chi connectivity index (χ3n) is 2.03. The number of aromatic nitrogens is 3. The van der Waals surface area contributed by atoms with Gasteiger partial charge in [0.05, 0.1) is 5.69 Å². The third-order valence-corrected chi connectivity index (χ3v) is 2.78. The Bertz CT molecular complexity index is 478. The van der Waals surface area contributed by atoms with Crippen molar-refractivity contribution in [2.45, 2.75) is 20.0 Å². The molecule has 0 aliphatic carbocycles. The summed E-state index contributed by atoms with van der Waals surface area (Å²) in [6.07, 6.45) is 3.04. The molecule has 0 radical (unpaired) electrons. The van der Waals surface area contributed by atoms with E-state index in [4.69, 9.17) is 4.74 Å². The number of carbonyl (C=O) groups is 1. The summed E-state index contributed by atoms with van der Waals surface area (Å²) in [4.78, 5) is 15.0. The number of rotatable bonds is 3. The van der Waals surface area contributed by atoms with Crippen LogP contribution >= 0.6 is 11.3 Å². The predicted octanol–water partition coefficient (Wildman–Crippen LogP) is 1.95. The van der Waals surface area contributed by atoms with E-state index in [1.54, 1.807) is 17.1 Å². The molecule has 2 aromatic heterocycles. The largest absolute Gasteiger partial charge is 0.456 e. The van der Waals surface area contributed by atoms with E-state index in [0.717, 1.165) is 10.8 Å². The van der Waals surface area contributed by atoms with E-state index in [2.05, 4.69) is 10.1 Å². The number of carbonyl (C=O) groups excluding carboxylic acids is 1. The summed E-state index contributed by atoms with van der Waals surface area (Å²) < 4.78 is 6.79. The Morgan fingerprint density at radius 1 is 1.56 bits per heavy atom. The Balaban J connectivity index is 2.29. The van der Waals surface area contributed by atoms with Crippen LogP contribution in [0.2, 0.25) is 0 Å². The molecular formula is C10H11N3O2S. The van der Waals surface area contributed by atoms with Crippen LogP contribution in [0.5, 0.6) is 0 Å². The zero-order chi connectivity index (χ0) is 11.5. The predicted molar refractivity (Wildman–Crippen MR) is 59.4 cm³/mol. The van der Waals surface area contributed by atoms with Crippen molar-refractivity contribution in [3.05, 3.63) is 29.5 Å². The van der Waals surface area contributed by atoms with E-state index in [1.165, 1.54) is 18.3 Å². The first-order valence-corrected chi connectivity index (χ1v) is 5.67. The Hall–Kier alpha value is -1.69. The summed E-state index contributed by atoms with van der Waals surface area (Å²) in [5.74, 6) is -0.306. The quantitative estimate of drug-likeness (QED) is 0.766. The highest BCUT2D eigenvalue weighted by atomic mass is 32.1. The summed E-state index contributed by atoms with van der Waals surface area (Å²) in [7, 11) is 0. The number of esters is 1. The number of hydrogen-bond acceptors (Lipinski definition) is 5. The van der Waals surface area contributed by atoms with Crippen LogP contribution in [0.25, 0.3) is 5.13 Å². The monoisotopic (exact) mass is 237 g/mol. The second-order valence-electron chi connectivity index (χ2n) is 3.23. The van der Waals surface area contributed by atoms with E-state index in [9.17, 15) is 4.79 Å². The minimum Gasteiger partial charge on any atom is -0.456 e. The molecule has 2 heterocycles. The summed E-state index contributed by atoms with van der Waals surface area (Å²) in [6, 6.07) is 1.81. The highest BCUT2D eigenvalue weighted by Gasteiger charge is 2.15. The van der Waals surface area contributed by atoms with Gasteiger partial charge in [-0.05, 0) is 13.0 Å². The van der Waals surface area contributed by atoms with Crippen LogP contribution in [-0.2, 0) is 9.53 Å². The van der Waals surface area contributed by atoms with E-state index in [1.807, 2.05) is 18.4 Å². The topological polar surface area (TPSA) is 57.0 Å². The zero-order valence-electron chi connectivity index (χ0n) is 8.95. The summed E-state index contributed by atoms with van der Waals surface area (Å²) in [5, 5.41) is 6.80. The average molecular weight is 237 g/mol. The van der Waals surface area contributed by atoms with Crippen molar-refractivity contribution in [2.24, 2.45) is 0 Å². The van der Waals surface area contributed by atoms with Crippen LogP contribution in [0.1, 0.15) is 25.6 Å². The molecular weight excluding hydrogens is 226 g/mol. The highest BCUT2D eigenvalue weighted by molar-refractivity contribution is 7.12. The van der Waals surface area contributed by atoms with Crippen molar-refractivity contribution in [2.75, 3.05) is 0 Å². The molecule has 0 bridgehead atoms.